The lowest BCUT2D eigenvalue weighted by Crippen LogP contribution is -1.84. The van der Waals surface area contributed by atoms with Gasteiger partial charge >= 0.3 is 0 Å². The van der Waals surface area contributed by atoms with E-state index in [1.807, 2.05) is 0 Å². The molecule has 0 fully saturated rings. The molecule has 1 heterocycles. The van der Waals surface area contributed by atoms with Crippen molar-refractivity contribution in [2.75, 3.05) is 0 Å². The summed E-state index contributed by atoms with van der Waals surface area (Å²) in [6.45, 7) is 2.21. The van der Waals surface area contributed by atoms with Crippen LogP contribution in [0.4, 0.5) is 0 Å². The van der Waals surface area contributed by atoms with Crippen LogP contribution in [-0.2, 0) is 12.8 Å². The molecule has 0 bridgehead atoms. The molecule has 0 aliphatic carbocycles. The second kappa shape index (κ2) is 6.37. The first-order chi connectivity index (χ1) is 8.40. The van der Waals surface area contributed by atoms with Gasteiger partial charge in [-0.15, -0.1) is 0 Å². The molecule has 86 valence electrons. The van der Waals surface area contributed by atoms with Crippen molar-refractivity contribution >= 4 is 14.3 Å². The molecular weight excluding hydrogens is 223 g/mol. The molecule has 0 unspecified atom stereocenters. The van der Waals surface area contributed by atoms with E-state index in [2.05, 4.69) is 67.1 Å². The maximum absolute atomic E-state index is 2.28. The molecule has 0 N–H and O–H groups in total. The van der Waals surface area contributed by atoms with Crippen LogP contribution in [0.25, 0.3) is 6.08 Å². The van der Waals surface area contributed by atoms with E-state index in [0.29, 0.717) is 0 Å². The Kier molecular flexibility index (Phi) is 4.53. The third kappa shape index (κ3) is 3.54. The molecule has 0 atom stereocenters. The van der Waals surface area contributed by atoms with E-state index in [1.165, 1.54) is 24.9 Å². The Morgan fingerprint density at radius 1 is 1.12 bits per heavy atom. The van der Waals surface area contributed by atoms with Crippen molar-refractivity contribution in [2.24, 2.45) is 0 Å². The third-order valence-corrected chi connectivity index (χ3v) is 3.57. The summed E-state index contributed by atoms with van der Waals surface area (Å²) in [5, 5.41) is 0. The largest absolute Gasteiger partial charge is 0.0795 e. The number of allylic oxidation sites excluding steroid dienone is 1. The van der Waals surface area contributed by atoms with Gasteiger partial charge in [-0.3, -0.25) is 0 Å². The molecule has 0 saturated carbocycles. The Hall–Kier alpha value is -1.39. The highest BCUT2D eigenvalue weighted by molar-refractivity contribution is 7.28. The van der Waals surface area contributed by atoms with Crippen LogP contribution >= 0.6 is 8.19 Å². The first kappa shape index (κ1) is 12.1. The monoisotopic (exact) mass is 240 g/mol. The van der Waals surface area contributed by atoms with Gasteiger partial charge in [0.2, 0.25) is 0 Å². The van der Waals surface area contributed by atoms with Gasteiger partial charge in [-0.05, 0) is 41.1 Å². The van der Waals surface area contributed by atoms with Crippen LogP contribution in [0.2, 0.25) is 0 Å². The molecule has 0 saturated heterocycles. The van der Waals surface area contributed by atoms with Crippen molar-refractivity contribution in [1.29, 1.82) is 0 Å². The summed E-state index contributed by atoms with van der Waals surface area (Å²) in [6, 6.07) is 12.8. The van der Waals surface area contributed by atoms with Gasteiger partial charge in [-0.2, -0.15) is 0 Å². The van der Waals surface area contributed by atoms with Gasteiger partial charge in [0.15, 0.2) is 0 Å². The van der Waals surface area contributed by atoms with Crippen molar-refractivity contribution in [2.45, 2.75) is 19.8 Å². The molecular formula is C16H17P. The lowest BCUT2D eigenvalue weighted by molar-refractivity contribution is 1.14. The van der Waals surface area contributed by atoms with Crippen molar-refractivity contribution in [3.63, 3.8) is 0 Å². The number of aryl methyl sites for hydroxylation is 1. The van der Waals surface area contributed by atoms with Crippen LogP contribution in [-0.4, -0.2) is 0 Å². The average Bonchev–Trinajstić information content (AvgIpc) is 2.40. The first-order valence-corrected chi connectivity index (χ1v) is 7.07. The highest BCUT2D eigenvalue weighted by Gasteiger charge is 1.94. The van der Waals surface area contributed by atoms with Gasteiger partial charge in [-0.1, -0.05) is 63.7 Å². The third-order valence-electron chi connectivity index (χ3n) is 2.82. The predicted octanol–water partition coefficient (Wildman–Crippen LogP) is 5.09. The molecule has 1 heteroatoms. The van der Waals surface area contributed by atoms with Crippen LogP contribution < -0.4 is 0 Å². The van der Waals surface area contributed by atoms with E-state index in [0.717, 1.165) is 12.8 Å². The summed E-state index contributed by atoms with van der Waals surface area (Å²) >= 11 is 0. The van der Waals surface area contributed by atoms with Crippen LogP contribution in [0.5, 0.6) is 0 Å². The first-order valence-electron chi connectivity index (χ1n) is 6.03. The molecule has 2 aromatic rings. The minimum atomic E-state index is 1.01. The molecule has 0 aliphatic rings. The zero-order chi connectivity index (χ0) is 11.9. The maximum atomic E-state index is 2.28. The van der Waals surface area contributed by atoms with Crippen LogP contribution in [0, 0.1) is 0 Å². The predicted molar refractivity (Wildman–Crippen MR) is 77.5 cm³/mol. The number of hydrogen-bond acceptors (Lipinski definition) is 0. The van der Waals surface area contributed by atoms with E-state index in [1.54, 1.807) is 0 Å². The standard InChI is InChI=1S/C16H17P/c1-2-15-11-12-17-13-16(15)10-6-9-14-7-4-3-5-8-14/h3-8,10-13H,2,9H2,1H3/b10-6-. The van der Waals surface area contributed by atoms with Crippen LogP contribution in [0.1, 0.15) is 23.6 Å². The summed E-state index contributed by atoms with van der Waals surface area (Å²) in [6.07, 6.45) is 6.62. The summed E-state index contributed by atoms with van der Waals surface area (Å²) in [5.41, 5.74) is 4.19. The normalized spacial score (nSPS) is 11.4. The summed E-state index contributed by atoms with van der Waals surface area (Å²) in [4.78, 5) is 0. The topological polar surface area (TPSA) is 0 Å². The van der Waals surface area contributed by atoms with Crippen molar-refractivity contribution in [3.05, 3.63) is 70.8 Å². The second-order valence-electron chi connectivity index (χ2n) is 4.02. The molecule has 0 nitrogen and oxygen atoms in total. The van der Waals surface area contributed by atoms with E-state index in [-0.39, 0.29) is 0 Å². The van der Waals surface area contributed by atoms with Gasteiger partial charge in [-0.25, -0.2) is 0 Å². The average molecular weight is 240 g/mol. The summed E-state index contributed by atoms with van der Waals surface area (Å²) < 4.78 is 0. The zero-order valence-corrected chi connectivity index (χ0v) is 11.0. The highest BCUT2D eigenvalue weighted by atomic mass is 31.0. The quantitative estimate of drug-likeness (QED) is 0.698. The zero-order valence-electron chi connectivity index (χ0n) is 10.1. The molecule has 1 aromatic carbocycles. The van der Waals surface area contributed by atoms with E-state index in [9.17, 15) is 0 Å². The fourth-order valence-corrected chi connectivity index (χ4v) is 2.61. The lowest BCUT2D eigenvalue weighted by Gasteiger charge is -2.01. The van der Waals surface area contributed by atoms with E-state index >= 15 is 0 Å². The fraction of sp³-hybridized carbons (Fsp3) is 0.188. The highest BCUT2D eigenvalue weighted by Crippen LogP contribution is 2.17. The second-order valence-corrected chi connectivity index (χ2v) is 4.87. The van der Waals surface area contributed by atoms with Gasteiger partial charge in [0.05, 0.1) is 0 Å². The molecule has 0 aliphatic heterocycles. The lowest BCUT2D eigenvalue weighted by atomic mass is 10.1. The van der Waals surface area contributed by atoms with Crippen molar-refractivity contribution in [3.8, 4) is 0 Å². The number of benzene rings is 1. The Morgan fingerprint density at radius 2 is 1.94 bits per heavy atom. The Balaban J connectivity index is 2.06. The Labute approximate surface area is 105 Å². The summed E-state index contributed by atoms with van der Waals surface area (Å²) in [7, 11) is 1.29. The molecule has 17 heavy (non-hydrogen) atoms. The van der Waals surface area contributed by atoms with Crippen molar-refractivity contribution in [1.82, 2.24) is 0 Å². The molecule has 0 radical (unpaired) electrons. The SMILES string of the molecule is CCc1ccpcc1/C=C\Cc1ccccc1. The van der Waals surface area contributed by atoms with Gasteiger partial charge in [0.1, 0.15) is 0 Å². The Morgan fingerprint density at radius 3 is 2.71 bits per heavy atom. The van der Waals surface area contributed by atoms with E-state index < -0.39 is 0 Å². The molecule has 0 amide bonds. The molecule has 2 rings (SSSR count). The molecule has 0 spiro atoms. The molecule has 1 aromatic heterocycles. The maximum Gasteiger partial charge on any atom is -0.00941 e. The minimum Gasteiger partial charge on any atom is -0.0795 e. The summed E-state index contributed by atoms with van der Waals surface area (Å²) in [5.74, 6) is 4.48. The minimum absolute atomic E-state index is 1.01. The van der Waals surface area contributed by atoms with Crippen LogP contribution in [0.3, 0.4) is 0 Å². The number of rotatable bonds is 4. The smallest absolute Gasteiger partial charge is 0.00941 e. The van der Waals surface area contributed by atoms with Gasteiger partial charge in [0.25, 0.3) is 0 Å². The van der Waals surface area contributed by atoms with Gasteiger partial charge in [0, 0.05) is 0 Å². The van der Waals surface area contributed by atoms with E-state index in [4.69, 9.17) is 0 Å². The van der Waals surface area contributed by atoms with Gasteiger partial charge < -0.3 is 0 Å². The number of hydrogen-bond donors (Lipinski definition) is 0. The van der Waals surface area contributed by atoms with Crippen molar-refractivity contribution < 1.29 is 0 Å². The Bertz CT molecular complexity index is 486. The van der Waals surface area contributed by atoms with Crippen LogP contribution in [0.15, 0.2) is 54.1 Å². The fourth-order valence-electron chi connectivity index (χ4n) is 1.84.